The first-order valence-corrected chi connectivity index (χ1v) is 7.93. The lowest BCUT2D eigenvalue weighted by molar-refractivity contribution is 0.867. The second kappa shape index (κ2) is 6.15. The number of nitrogens with one attached hydrogen (secondary N) is 3. The molecule has 0 aliphatic carbocycles. The molecule has 0 bridgehead atoms. The van der Waals surface area contributed by atoms with E-state index in [4.69, 9.17) is 0 Å². The van der Waals surface area contributed by atoms with Gasteiger partial charge in [0.1, 0.15) is 5.82 Å². The van der Waals surface area contributed by atoms with Crippen LogP contribution in [0.2, 0.25) is 0 Å². The quantitative estimate of drug-likeness (QED) is 0.675. The Morgan fingerprint density at radius 3 is 2.68 bits per heavy atom. The Morgan fingerprint density at radius 1 is 1.27 bits per heavy atom. The monoisotopic (exact) mass is 315 g/mol. The van der Waals surface area contributed by atoms with Crippen molar-refractivity contribution in [2.75, 3.05) is 5.32 Å². The van der Waals surface area contributed by atoms with E-state index in [1.54, 1.807) is 0 Å². The Morgan fingerprint density at radius 2 is 2.05 bits per heavy atom. The highest BCUT2D eigenvalue weighted by atomic mass is 32.1. The summed E-state index contributed by atoms with van der Waals surface area (Å²) in [6, 6.07) is 8.47. The van der Waals surface area contributed by atoms with Gasteiger partial charge in [0, 0.05) is 10.9 Å². The number of thiazole rings is 1. The lowest BCUT2D eigenvalue weighted by Crippen LogP contribution is -2.04. The van der Waals surface area contributed by atoms with Gasteiger partial charge in [-0.2, -0.15) is 5.10 Å². The number of rotatable bonds is 5. The third kappa shape index (κ3) is 3.25. The average molecular weight is 315 g/mol. The minimum Gasteiger partial charge on any atom is -0.354 e. The van der Waals surface area contributed by atoms with E-state index in [0.29, 0.717) is 18.3 Å². The summed E-state index contributed by atoms with van der Waals surface area (Å²) in [5.41, 5.74) is 3.06. The molecule has 0 spiro atoms. The predicted molar refractivity (Wildman–Crippen MR) is 88.2 cm³/mol. The van der Waals surface area contributed by atoms with Crippen LogP contribution in [0, 0.1) is 0 Å². The van der Waals surface area contributed by atoms with Gasteiger partial charge in [-0.3, -0.25) is 4.98 Å². The van der Waals surface area contributed by atoms with Crippen molar-refractivity contribution < 1.29 is 0 Å². The van der Waals surface area contributed by atoms with E-state index in [-0.39, 0.29) is 5.69 Å². The van der Waals surface area contributed by atoms with Gasteiger partial charge in [0.05, 0.1) is 12.2 Å². The average Bonchev–Trinajstić information content (AvgIpc) is 3.14. The number of hydrogen-bond donors (Lipinski definition) is 3. The Hall–Kier alpha value is -2.41. The SMILES string of the molecule is CC(C)c1ccc(-c2csc(NCc3n[nH]c(=O)[nH]3)n2)cc1. The molecule has 3 rings (SSSR count). The van der Waals surface area contributed by atoms with Crippen molar-refractivity contribution in [2.45, 2.75) is 26.3 Å². The molecule has 2 aromatic heterocycles. The van der Waals surface area contributed by atoms with Crippen LogP contribution in [0.3, 0.4) is 0 Å². The summed E-state index contributed by atoms with van der Waals surface area (Å²) in [5.74, 6) is 1.08. The third-order valence-electron chi connectivity index (χ3n) is 3.33. The Kier molecular flexibility index (Phi) is 4.06. The van der Waals surface area contributed by atoms with Crippen molar-refractivity contribution >= 4 is 16.5 Å². The number of nitrogens with zero attached hydrogens (tertiary/aromatic N) is 2. The predicted octanol–water partition coefficient (Wildman–Crippen LogP) is 2.96. The van der Waals surface area contributed by atoms with Gasteiger partial charge in [0.15, 0.2) is 5.13 Å². The summed E-state index contributed by atoms with van der Waals surface area (Å²) in [5, 5.41) is 12.1. The van der Waals surface area contributed by atoms with E-state index >= 15 is 0 Å². The summed E-state index contributed by atoms with van der Waals surface area (Å²) in [7, 11) is 0. The largest absolute Gasteiger partial charge is 0.354 e. The van der Waals surface area contributed by atoms with Crippen molar-refractivity contribution in [3.05, 3.63) is 51.5 Å². The molecule has 0 amide bonds. The fourth-order valence-corrected chi connectivity index (χ4v) is 2.79. The number of anilines is 1. The number of aromatic amines is 2. The zero-order valence-electron chi connectivity index (χ0n) is 12.4. The van der Waals surface area contributed by atoms with Gasteiger partial charge in [-0.1, -0.05) is 38.1 Å². The molecule has 0 saturated carbocycles. The van der Waals surface area contributed by atoms with Crippen molar-refractivity contribution in [2.24, 2.45) is 0 Å². The van der Waals surface area contributed by atoms with E-state index in [1.165, 1.54) is 16.9 Å². The zero-order valence-corrected chi connectivity index (χ0v) is 13.2. The summed E-state index contributed by atoms with van der Waals surface area (Å²) in [6.45, 7) is 4.79. The standard InChI is InChI=1S/C15H17N5OS/c1-9(2)10-3-5-11(6-4-10)12-8-22-15(17-12)16-7-13-18-14(21)20-19-13/h3-6,8-9H,7H2,1-2H3,(H,16,17)(H2,18,19,20,21). The molecule has 0 aliphatic heterocycles. The second-order valence-electron chi connectivity index (χ2n) is 5.29. The smallest absolute Gasteiger partial charge is 0.340 e. The van der Waals surface area contributed by atoms with E-state index in [2.05, 4.69) is 63.6 Å². The topological polar surface area (TPSA) is 86.5 Å². The van der Waals surface area contributed by atoms with Crippen LogP contribution in [0.4, 0.5) is 5.13 Å². The summed E-state index contributed by atoms with van der Waals surface area (Å²) < 4.78 is 0. The molecule has 0 aliphatic rings. The number of benzene rings is 1. The number of H-pyrrole nitrogens is 2. The maximum atomic E-state index is 11.0. The first-order chi connectivity index (χ1) is 10.6. The van der Waals surface area contributed by atoms with Gasteiger partial charge in [-0.15, -0.1) is 11.3 Å². The number of hydrogen-bond acceptors (Lipinski definition) is 5. The maximum Gasteiger partial charge on any atom is 0.340 e. The normalized spacial score (nSPS) is 11.0. The molecule has 114 valence electrons. The van der Waals surface area contributed by atoms with E-state index in [9.17, 15) is 4.79 Å². The molecule has 0 radical (unpaired) electrons. The minimum atomic E-state index is -0.304. The molecule has 2 heterocycles. The molecule has 1 aromatic carbocycles. The molecular weight excluding hydrogens is 298 g/mol. The highest BCUT2D eigenvalue weighted by molar-refractivity contribution is 7.14. The van der Waals surface area contributed by atoms with E-state index in [0.717, 1.165) is 16.4 Å². The van der Waals surface area contributed by atoms with Crippen LogP contribution in [0.1, 0.15) is 31.2 Å². The molecule has 6 nitrogen and oxygen atoms in total. The first kappa shape index (κ1) is 14.5. The highest BCUT2D eigenvalue weighted by Gasteiger charge is 2.06. The zero-order chi connectivity index (χ0) is 15.5. The fourth-order valence-electron chi connectivity index (χ4n) is 2.07. The minimum absolute atomic E-state index is 0.304. The van der Waals surface area contributed by atoms with Gasteiger partial charge in [0.25, 0.3) is 0 Å². The maximum absolute atomic E-state index is 11.0. The molecular formula is C15H17N5OS. The molecule has 0 saturated heterocycles. The summed E-state index contributed by atoms with van der Waals surface area (Å²) >= 11 is 1.53. The third-order valence-corrected chi connectivity index (χ3v) is 4.13. The van der Waals surface area contributed by atoms with Gasteiger partial charge < -0.3 is 5.32 Å². The van der Waals surface area contributed by atoms with Crippen LogP contribution in [0.25, 0.3) is 11.3 Å². The molecule has 3 aromatic rings. The molecule has 0 atom stereocenters. The van der Waals surface area contributed by atoms with E-state index in [1.807, 2.05) is 5.38 Å². The second-order valence-corrected chi connectivity index (χ2v) is 6.15. The Balaban J connectivity index is 1.69. The first-order valence-electron chi connectivity index (χ1n) is 7.05. The van der Waals surface area contributed by atoms with Gasteiger partial charge in [-0.05, 0) is 11.5 Å². The van der Waals surface area contributed by atoms with Crippen LogP contribution >= 0.6 is 11.3 Å². The lowest BCUT2D eigenvalue weighted by atomic mass is 10.0. The van der Waals surface area contributed by atoms with Crippen molar-refractivity contribution in [1.82, 2.24) is 20.2 Å². The van der Waals surface area contributed by atoms with Crippen LogP contribution in [0.15, 0.2) is 34.4 Å². The fraction of sp³-hybridized carbons (Fsp3) is 0.267. The molecule has 0 unspecified atom stereocenters. The van der Waals surface area contributed by atoms with Gasteiger partial charge in [-0.25, -0.2) is 14.9 Å². The van der Waals surface area contributed by atoms with Crippen molar-refractivity contribution in [1.29, 1.82) is 0 Å². The summed E-state index contributed by atoms with van der Waals surface area (Å²) in [6.07, 6.45) is 0. The van der Waals surface area contributed by atoms with Crippen molar-refractivity contribution in [3.8, 4) is 11.3 Å². The molecule has 3 N–H and O–H groups in total. The highest BCUT2D eigenvalue weighted by Crippen LogP contribution is 2.26. The van der Waals surface area contributed by atoms with Gasteiger partial charge in [0.2, 0.25) is 0 Å². The Labute approximate surface area is 131 Å². The van der Waals surface area contributed by atoms with Crippen LogP contribution in [-0.4, -0.2) is 20.2 Å². The van der Waals surface area contributed by atoms with Crippen LogP contribution in [-0.2, 0) is 6.54 Å². The molecule has 7 heteroatoms. The lowest BCUT2D eigenvalue weighted by Gasteiger charge is -2.05. The molecule has 0 fully saturated rings. The van der Waals surface area contributed by atoms with Gasteiger partial charge >= 0.3 is 5.69 Å². The molecule has 22 heavy (non-hydrogen) atoms. The summed E-state index contributed by atoms with van der Waals surface area (Å²) in [4.78, 5) is 18.1. The Bertz CT molecular complexity index is 800. The van der Waals surface area contributed by atoms with Crippen molar-refractivity contribution in [3.63, 3.8) is 0 Å². The van der Waals surface area contributed by atoms with Crippen LogP contribution < -0.4 is 11.0 Å². The number of aromatic nitrogens is 4. The van der Waals surface area contributed by atoms with E-state index < -0.39 is 0 Å². The van der Waals surface area contributed by atoms with Crippen LogP contribution in [0.5, 0.6) is 0 Å².